The molecule has 2 radical (unpaired) electrons. The van der Waals surface area contributed by atoms with Crippen molar-refractivity contribution in [1.29, 1.82) is 0 Å². The third-order valence-corrected chi connectivity index (χ3v) is 8.55. The van der Waals surface area contributed by atoms with Crippen LogP contribution in [0.5, 0.6) is 0 Å². The molecule has 0 fully saturated rings. The van der Waals surface area contributed by atoms with Crippen molar-refractivity contribution in [2.24, 2.45) is 0 Å². The molecule has 0 aliphatic carbocycles. The van der Waals surface area contributed by atoms with Gasteiger partial charge in [-0.05, 0) is 23.7 Å². The topological polar surface area (TPSA) is 0 Å². The molecule has 6 aromatic rings. The molecule has 0 spiro atoms. The second-order valence-electron chi connectivity index (χ2n) is 13.1. The van der Waals surface area contributed by atoms with Crippen LogP contribution in [0.4, 0.5) is 0 Å². The molecule has 0 saturated carbocycles. The van der Waals surface area contributed by atoms with Crippen LogP contribution in [0.3, 0.4) is 0 Å². The number of fused-ring (bicyclic) bond motifs is 2. The second kappa shape index (κ2) is 21.1. The van der Waals surface area contributed by atoms with E-state index in [1.165, 1.54) is 89.4 Å². The van der Waals surface area contributed by atoms with Gasteiger partial charge in [-0.3, -0.25) is 0 Å². The van der Waals surface area contributed by atoms with Gasteiger partial charge < -0.3 is 14.9 Å². The predicted molar refractivity (Wildman–Crippen MR) is 219 cm³/mol. The van der Waals surface area contributed by atoms with Crippen LogP contribution in [0.15, 0.2) is 109 Å². The van der Waals surface area contributed by atoms with E-state index in [9.17, 15) is 0 Å². The van der Waals surface area contributed by atoms with E-state index < -0.39 is 0 Å². The molecule has 0 heterocycles. The SMILES string of the molecule is CC(C)c1cc(C(C)C)c2cc(-c3ccccc3)[cH-]c2c1.CC(C)c1cc(C(C)C)c2cc(-c3ccccc3)[cH-]c2c1.Cl.Cl.[CH3-].[CH3-].[Si]=[Zr]. The Bertz CT molecular complexity index is 1660. The van der Waals surface area contributed by atoms with E-state index >= 15 is 0 Å². The zero-order valence-corrected chi connectivity index (χ0v) is 35.6. The molecule has 256 valence electrons. The van der Waals surface area contributed by atoms with Gasteiger partial charge in [0, 0.05) is 0 Å². The van der Waals surface area contributed by atoms with E-state index in [4.69, 9.17) is 0 Å². The number of hydrogen-bond donors (Lipinski definition) is 0. The summed E-state index contributed by atoms with van der Waals surface area (Å²) in [7, 11) is 0. The minimum atomic E-state index is 0. The van der Waals surface area contributed by atoms with Gasteiger partial charge in [0.1, 0.15) is 0 Å². The third-order valence-electron chi connectivity index (χ3n) is 8.55. The molecule has 0 nitrogen and oxygen atoms in total. The normalized spacial score (nSPS) is 10.3. The Morgan fingerprint density at radius 2 is 0.771 bits per heavy atom. The van der Waals surface area contributed by atoms with Crippen LogP contribution in [0.25, 0.3) is 43.8 Å². The molecule has 0 bridgehead atoms. The first-order valence-electron chi connectivity index (χ1n) is 16.0. The van der Waals surface area contributed by atoms with Crippen molar-refractivity contribution in [3.63, 3.8) is 0 Å². The average Bonchev–Trinajstić information content (AvgIpc) is 3.67. The zero-order valence-electron chi connectivity index (χ0n) is 30.5. The van der Waals surface area contributed by atoms with E-state index in [-0.39, 0.29) is 39.7 Å². The molecule has 0 aliphatic rings. The van der Waals surface area contributed by atoms with Crippen molar-refractivity contribution >= 4 is 53.2 Å². The molecule has 6 rings (SSSR count). The number of rotatable bonds is 6. The summed E-state index contributed by atoms with van der Waals surface area (Å²) in [6, 6.07) is 40.2. The fraction of sp³-hybridized carbons (Fsp3) is 0.273. The molecule has 0 aromatic heterocycles. The van der Waals surface area contributed by atoms with Crippen LogP contribution < -0.4 is 0 Å². The van der Waals surface area contributed by atoms with Gasteiger partial charge in [0.2, 0.25) is 0 Å². The minimum absolute atomic E-state index is 0. The number of benzene rings is 4. The second-order valence-corrected chi connectivity index (χ2v) is 13.1. The molecule has 0 saturated heterocycles. The standard InChI is InChI=1S/2C21H23.2CH3.2ClH.Si.Zr/c2*1-14(2)17-10-19-11-18(16-8-6-5-7-9-16)13-21(19)20(12-17)15(3)4;;;;;;/h2*5-15H,1-4H3;2*1H3;2*1H;;/q4*-1;;;;. The van der Waals surface area contributed by atoms with Crippen molar-refractivity contribution in [1.82, 2.24) is 0 Å². The Morgan fingerprint density at radius 1 is 0.458 bits per heavy atom. The van der Waals surface area contributed by atoms with Crippen LogP contribution in [-0.4, -0.2) is 6.88 Å². The van der Waals surface area contributed by atoms with Gasteiger partial charge in [-0.1, -0.05) is 162 Å². The first kappa shape index (κ1) is 45.8. The van der Waals surface area contributed by atoms with Gasteiger partial charge in [-0.15, -0.1) is 93.9 Å². The fourth-order valence-electron chi connectivity index (χ4n) is 5.96. The summed E-state index contributed by atoms with van der Waals surface area (Å²) in [6.07, 6.45) is 0. The monoisotopic (exact) mass is 770 g/mol. The summed E-state index contributed by atoms with van der Waals surface area (Å²) in [5.41, 5.74) is 11.1. The van der Waals surface area contributed by atoms with Crippen LogP contribution in [0, 0.1) is 14.9 Å². The molecule has 6 aromatic carbocycles. The summed E-state index contributed by atoms with van der Waals surface area (Å²) in [6.45, 7) is 21.3. The van der Waals surface area contributed by atoms with Crippen LogP contribution >= 0.6 is 24.8 Å². The van der Waals surface area contributed by atoms with E-state index in [1.807, 2.05) is 0 Å². The Balaban J connectivity index is 0.000000811. The van der Waals surface area contributed by atoms with Gasteiger partial charge in [-0.2, -0.15) is 0 Å². The van der Waals surface area contributed by atoms with Gasteiger partial charge >= 0.3 is 30.2 Å². The Kier molecular flexibility index (Phi) is 20.1. The van der Waals surface area contributed by atoms with Gasteiger partial charge in [0.15, 0.2) is 0 Å². The van der Waals surface area contributed by atoms with Crippen molar-refractivity contribution in [2.45, 2.75) is 79.1 Å². The first-order chi connectivity index (χ1) is 21.1. The molecule has 4 heteroatoms. The third kappa shape index (κ3) is 10.9. The summed E-state index contributed by atoms with van der Waals surface area (Å²) < 4.78 is 0. The van der Waals surface area contributed by atoms with Crippen molar-refractivity contribution in [3.05, 3.63) is 146 Å². The maximum absolute atomic E-state index is 3.06. The van der Waals surface area contributed by atoms with Crippen LogP contribution in [0.1, 0.15) is 101 Å². The quantitative estimate of drug-likeness (QED) is 0.117. The predicted octanol–water partition coefficient (Wildman–Crippen LogP) is 14.3. The summed E-state index contributed by atoms with van der Waals surface area (Å²) in [5.74, 6) is 2.25. The summed E-state index contributed by atoms with van der Waals surface area (Å²) in [5, 5.41) is 5.58. The van der Waals surface area contributed by atoms with E-state index in [0.29, 0.717) is 23.7 Å². The number of halogens is 2. The average molecular weight is 773 g/mol. The van der Waals surface area contributed by atoms with Crippen molar-refractivity contribution < 1.29 is 23.3 Å². The Morgan fingerprint density at radius 3 is 1.04 bits per heavy atom. The molecule has 0 aliphatic heterocycles. The molecular formula is C44H54Cl2SiZr-4. The van der Waals surface area contributed by atoms with Gasteiger partial charge in [0.25, 0.3) is 0 Å². The first-order valence-corrected chi connectivity index (χ1v) is 20.2. The molecule has 0 atom stereocenters. The van der Waals surface area contributed by atoms with Gasteiger partial charge in [0.05, 0.1) is 0 Å². The van der Waals surface area contributed by atoms with Crippen LogP contribution in [-0.2, 0) is 23.3 Å². The van der Waals surface area contributed by atoms with E-state index in [1.54, 1.807) is 0 Å². The van der Waals surface area contributed by atoms with Crippen LogP contribution in [0.2, 0.25) is 0 Å². The van der Waals surface area contributed by atoms with Crippen molar-refractivity contribution in [3.8, 4) is 22.3 Å². The molecular weight excluding hydrogens is 719 g/mol. The number of hydrogen-bond acceptors (Lipinski definition) is 0. The maximum atomic E-state index is 3.06. The molecule has 48 heavy (non-hydrogen) atoms. The molecule has 0 amide bonds. The van der Waals surface area contributed by atoms with Crippen molar-refractivity contribution in [2.75, 3.05) is 0 Å². The Hall–Kier alpha value is -2.22. The van der Waals surface area contributed by atoms with E-state index in [2.05, 4.69) is 171 Å². The zero-order chi connectivity index (χ0) is 32.0. The molecule has 0 unspecified atom stereocenters. The van der Waals surface area contributed by atoms with Gasteiger partial charge in [-0.25, -0.2) is 0 Å². The fourth-order valence-corrected chi connectivity index (χ4v) is 5.96. The summed E-state index contributed by atoms with van der Waals surface area (Å²) >= 11 is 1.36. The van der Waals surface area contributed by atoms with E-state index in [0.717, 1.165) is 0 Å². The Labute approximate surface area is 321 Å². The molecule has 0 N–H and O–H groups in total. The summed E-state index contributed by atoms with van der Waals surface area (Å²) in [4.78, 5) is 0.